The molecule has 9 aromatic carbocycles. The molecule has 3 aliphatic rings. The molecule has 2 nitrogen and oxygen atoms in total. The van der Waals surface area contributed by atoms with Gasteiger partial charge in [-0.15, -0.1) is 0 Å². The van der Waals surface area contributed by atoms with Crippen LogP contribution >= 0.6 is 0 Å². The first-order chi connectivity index (χ1) is 34.7. The van der Waals surface area contributed by atoms with E-state index in [-0.39, 0.29) is 33.8 Å². The fraction of sp³-hybridized carbons (Fsp3) is 0.286. The van der Waals surface area contributed by atoms with Gasteiger partial charge in [0.15, 0.2) is 0 Å². The van der Waals surface area contributed by atoms with E-state index >= 15 is 0 Å². The van der Waals surface area contributed by atoms with Crippen LogP contribution in [0.5, 0.6) is 0 Å². The molecule has 3 aliphatic heterocycles. The zero-order chi connectivity index (χ0) is 51.7. The number of nitrogens with zero attached hydrogens (tertiary/aromatic N) is 2. The van der Waals surface area contributed by atoms with Crippen LogP contribution in [0, 0.1) is 0 Å². The Kier molecular flexibility index (Phi) is 11.2. The molecule has 9 aromatic rings. The molecule has 0 fully saturated rings. The normalized spacial score (nSPS) is 15.2. The number of anilines is 6. The second-order valence-electron chi connectivity index (χ2n) is 25.0. The van der Waals surface area contributed by atoms with Crippen molar-refractivity contribution < 1.29 is 0 Å². The molecule has 0 aliphatic carbocycles. The Morgan fingerprint density at radius 2 is 0.685 bits per heavy atom. The van der Waals surface area contributed by atoms with Crippen LogP contribution in [-0.2, 0) is 27.1 Å². The van der Waals surface area contributed by atoms with Crippen LogP contribution in [0.4, 0.5) is 34.1 Å². The first-order valence-electron chi connectivity index (χ1n) is 27.0. The van der Waals surface area contributed by atoms with Crippen LogP contribution in [0.1, 0.15) is 143 Å². The molecule has 0 aromatic heterocycles. The summed E-state index contributed by atoms with van der Waals surface area (Å²) in [5.74, 6) is 0. The zero-order valence-corrected chi connectivity index (χ0v) is 46.1. The minimum Gasteiger partial charge on any atom is -0.309 e. The number of hydrogen-bond donors (Lipinski definition) is 0. The smallest absolute Gasteiger partial charge is 0.245 e. The van der Waals surface area contributed by atoms with Gasteiger partial charge in [-0.2, -0.15) is 0 Å². The van der Waals surface area contributed by atoms with Crippen molar-refractivity contribution in [1.29, 1.82) is 0 Å². The van der Waals surface area contributed by atoms with Gasteiger partial charge in [0, 0.05) is 21.6 Å². The Balaban J connectivity index is 0.00000284. The third-order valence-corrected chi connectivity index (χ3v) is 16.7. The molecule has 0 N–H and O–H groups in total. The molecular weight excluding hydrogens is 880 g/mol. The minimum atomic E-state index is -0.165. The van der Waals surface area contributed by atoms with Crippen molar-refractivity contribution in [2.24, 2.45) is 0 Å². The number of para-hydroxylation sites is 4. The van der Waals surface area contributed by atoms with E-state index in [4.69, 9.17) is 0 Å². The molecule has 0 bridgehead atoms. The fourth-order valence-corrected chi connectivity index (χ4v) is 13.1. The number of benzene rings is 9. The second-order valence-corrected chi connectivity index (χ2v) is 25.0. The Hall–Kier alpha value is -6.84. The van der Waals surface area contributed by atoms with E-state index in [1.54, 1.807) is 0 Å². The lowest BCUT2D eigenvalue weighted by Crippen LogP contribution is -2.55. The van der Waals surface area contributed by atoms with Crippen molar-refractivity contribution >= 4 is 78.8 Å². The van der Waals surface area contributed by atoms with Crippen LogP contribution in [0.15, 0.2) is 170 Å². The summed E-state index contributed by atoms with van der Waals surface area (Å²) < 4.78 is 0. The van der Waals surface area contributed by atoms with E-state index in [9.17, 15) is 0 Å². The van der Waals surface area contributed by atoms with Gasteiger partial charge in [0.2, 0.25) is 6.71 Å². The van der Waals surface area contributed by atoms with Gasteiger partial charge in [-0.05, 0) is 113 Å². The molecule has 3 heterocycles. The largest absolute Gasteiger partial charge is 0.309 e. The second kappa shape index (κ2) is 16.9. The molecule has 0 unspecified atom stereocenters. The summed E-state index contributed by atoms with van der Waals surface area (Å²) in [5.41, 5.74) is 23.3. The van der Waals surface area contributed by atoms with E-state index in [2.05, 4.69) is 270 Å². The number of hydrogen-bond acceptors (Lipinski definition) is 2. The highest BCUT2D eigenvalue weighted by molar-refractivity contribution is 7.02. The highest BCUT2D eigenvalue weighted by atomic mass is 15.2. The van der Waals surface area contributed by atoms with E-state index in [1.165, 1.54) is 122 Å². The summed E-state index contributed by atoms with van der Waals surface area (Å²) in [6.45, 7) is 35.2. The molecule has 366 valence electrons. The standard InChI is InChI=1S/C68H67BN2.C2H6/c1-64(2,3)42-39-53(65(4,5)6)63(54(40-42)66(7,8)9)69-61-46-27-24-36-55(70-56-32-20-16-28-49(56)67(10,11)50-29-17-21-33-57(50)70)44(46)37-38-47(61)48-41-60(43-25-14-15-26-45(43)62(48)69)71-58-34-22-18-30-51(58)68(12,13)52-31-19-23-35-59(52)71;1-2/h14-41H,1-13H3;1-2H3. The maximum Gasteiger partial charge on any atom is 0.245 e. The topological polar surface area (TPSA) is 6.48 Å². The van der Waals surface area contributed by atoms with Crippen molar-refractivity contribution in [2.45, 2.75) is 131 Å². The Morgan fingerprint density at radius 1 is 0.329 bits per heavy atom. The van der Waals surface area contributed by atoms with Gasteiger partial charge in [0.25, 0.3) is 0 Å². The molecule has 0 amide bonds. The molecule has 0 atom stereocenters. The van der Waals surface area contributed by atoms with Crippen molar-refractivity contribution in [2.75, 3.05) is 9.80 Å². The quantitative estimate of drug-likeness (QED) is 0.163. The van der Waals surface area contributed by atoms with E-state index in [0.29, 0.717) is 0 Å². The summed E-state index contributed by atoms with van der Waals surface area (Å²) in [7, 11) is 0. The summed E-state index contributed by atoms with van der Waals surface area (Å²) in [6.07, 6.45) is 0. The molecule has 0 spiro atoms. The van der Waals surface area contributed by atoms with Gasteiger partial charge in [-0.3, -0.25) is 0 Å². The lowest BCUT2D eigenvalue weighted by molar-refractivity contribution is 0.553. The Bertz CT molecular complexity index is 3540. The predicted molar refractivity (Wildman–Crippen MR) is 319 cm³/mol. The van der Waals surface area contributed by atoms with Gasteiger partial charge in [0.1, 0.15) is 0 Å². The van der Waals surface area contributed by atoms with Crippen LogP contribution in [-0.4, -0.2) is 6.71 Å². The average Bonchev–Trinajstić information content (AvgIpc) is 3.72. The van der Waals surface area contributed by atoms with Gasteiger partial charge >= 0.3 is 0 Å². The van der Waals surface area contributed by atoms with Crippen molar-refractivity contribution in [3.8, 4) is 11.1 Å². The molecular formula is C70H73BN2. The molecule has 3 heteroatoms. The van der Waals surface area contributed by atoms with Crippen molar-refractivity contribution in [1.82, 2.24) is 0 Å². The zero-order valence-electron chi connectivity index (χ0n) is 46.1. The minimum absolute atomic E-state index is 0.0294. The highest BCUT2D eigenvalue weighted by Gasteiger charge is 2.45. The average molecular weight is 953 g/mol. The van der Waals surface area contributed by atoms with Gasteiger partial charge in [-0.25, -0.2) is 0 Å². The highest BCUT2D eigenvalue weighted by Crippen LogP contribution is 2.55. The van der Waals surface area contributed by atoms with Crippen molar-refractivity contribution in [3.63, 3.8) is 0 Å². The lowest BCUT2D eigenvalue weighted by Gasteiger charge is -2.42. The number of fused-ring (bicyclic) bond motifs is 11. The first-order valence-corrected chi connectivity index (χ1v) is 27.0. The summed E-state index contributed by atoms with van der Waals surface area (Å²) in [4.78, 5) is 5.14. The van der Waals surface area contributed by atoms with Crippen molar-refractivity contribution in [3.05, 3.63) is 209 Å². The molecule has 0 saturated heterocycles. The molecule has 12 rings (SSSR count). The van der Waals surface area contributed by atoms with Gasteiger partial charge in [-0.1, -0.05) is 254 Å². The van der Waals surface area contributed by atoms with Crippen LogP contribution < -0.4 is 26.2 Å². The maximum atomic E-state index is 2.59. The Morgan fingerprint density at radius 3 is 1.12 bits per heavy atom. The molecule has 0 radical (unpaired) electrons. The summed E-state index contributed by atoms with van der Waals surface area (Å²) >= 11 is 0. The van der Waals surface area contributed by atoms with E-state index in [1.807, 2.05) is 13.8 Å². The van der Waals surface area contributed by atoms with Crippen LogP contribution in [0.25, 0.3) is 32.7 Å². The van der Waals surface area contributed by atoms with E-state index < -0.39 is 0 Å². The van der Waals surface area contributed by atoms with Gasteiger partial charge in [0.05, 0.1) is 34.1 Å². The van der Waals surface area contributed by atoms with Crippen LogP contribution in [0.3, 0.4) is 0 Å². The lowest BCUT2D eigenvalue weighted by atomic mass is 9.35. The summed E-state index contributed by atoms with van der Waals surface area (Å²) in [6, 6.07) is 65.5. The third kappa shape index (κ3) is 7.27. The summed E-state index contributed by atoms with van der Waals surface area (Å²) in [5, 5.41) is 5.15. The monoisotopic (exact) mass is 953 g/mol. The maximum absolute atomic E-state index is 2.59. The van der Waals surface area contributed by atoms with Crippen LogP contribution in [0.2, 0.25) is 0 Å². The third-order valence-electron chi connectivity index (χ3n) is 16.7. The predicted octanol–water partition coefficient (Wildman–Crippen LogP) is 17.6. The van der Waals surface area contributed by atoms with E-state index in [0.717, 1.165) is 0 Å². The Labute approximate surface area is 437 Å². The molecule has 0 saturated carbocycles. The first kappa shape index (κ1) is 48.4. The number of rotatable bonds is 3. The SMILES string of the molecule is CC.CC(C)(C)c1cc(C(C)(C)C)c(B2c3c(ccc4c(N5c6ccccc6C(C)(C)c6ccccc65)cccc34)-c3cc(N4c5ccccc5C(C)(C)c5ccccc54)c4ccccc4c32)c(C(C)(C)C)c1. The van der Waals surface area contributed by atoms with Gasteiger partial charge < -0.3 is 9.80 Å². The fourth-order valence-electron chi connectivity index (χ4n) is 13.1. The molecule has 73 heavy (non-hydrogen) atoms.